The van der Waals surface area contributed by atoms with Crippen LogP contribution in [-0.2, 0) is 6.42 Å². The smallest absolute Gasteiger partial charge is 0.308 e. The van der Waals surface area contributed by atoms with Gasteiger partial charge in [0.25, 0.3) is 0 Å². The molecule has 7 nitrogen and oxygen atoms in total. The maximum atomic E-state index is 13.2. The topological polar surface area (TPSA) is 74.5 Å². The first-order chi connectivity index (χ1) is 16.4. The monoisotopic (exact) mass is 505 g/mol. The molecule has 3 aromatic rings. The summed E-state index contributed by atoms with van der Waals surface area (Å²) in [6, 6.07) is 10.1. The molecule has 1 aromatic heterocycles. The molecule has 1 amide bonds. The minimum absolute atomic E-state index is 0.0984. The van der Waals surface area contributed by atoms with Gasteiger partial charge in [0.2, 0.25) is 5.89 Å². The lowest BCUT2D eigenvalue weighted by Gasteiger charge is -2.36. The summed E-state index contributed by atoms with van der Waals surface area (Å²) in [5.74, 6) is -0.687. The molecular formula is C24H26Cl2FN5O2. The van der Waals surface area contributed by atoms with Gasteiger partial charge in [-0.1, -0.05) is 35.3 Å². The zero-order valence-corrected chi connectivity index (χ0v) is 20.4. The van der Waals surface area contributed by atoms with E-state index < -0.39 is 11.7 Å². The molecule has 0 bridgehead atoms. The molecule has 2 aromatic carbocycles. The van der Waals surface area contributed by atoms with Crippen molar-refractivity contribution >= 4 is 34.8 Å². The predicted molar refractivity (Wildman–Crippen MR) is 130 cm³/mol. The lowest BCUT2D eigenvalue weighted by atomic mass is 10.1. The highest BCUT2D eigenvalue weighted by atomic mass is 35.5. The van der Waals surface area contributed by atoms with Gasteiger partial charge in [0.1, 0.15) is 5.82 Å². The van der Waals surface area contributed by atoms with Crippen molar-refractivity contribution in [2.75, 3.05) is 44.2 Å². The molecule has 1 aliphatic heterocycles. The molecule has 180 valence electrons. The maximum Gasteiger partial charge on any atom is 0.308 e. The molecule has 0 radical (unpaired) electrons. The number of halogens is 3. The largest absolute Gasteiger partial charge is 0.417 e. The minimum atomic E-state index is -0.419. The maximum absolute atomic E-state index is 13.2. The van der Waals surface area contributed by atoms with Crippen LogP contribution in [0.1, 0.15) is 34.1 Å². The van der Waals surface area contributed by atoms with Gasteiger partial charge >= 0.3 is 11.8 Å². The Morgan fingerprint density at radius 3 is 2.68 bits per heavy atom. The van der Waals surface area contributed by atoms with Gasteiger partial charge in [-0.25, -0.2) is 4.39 Å². The van der Waals surface area contributed by atoms with Crippen molar-refractivity contribution in [1.82, 2.24) is 20.4 Å². The zero-order valence-electron chi connectivity index (χ0n) is 18.9. The van der Waals surface area contributed by atoms with Gasteiger partial charge in [-0.15, -0.1) is 10.2 Å². The fourth-order valence-corrected chi connectivity index (χ4v) is 4.36. The molecule has 1 fully saturated rings. The van der Waals surface area contributed by atoms with Gasteiger partial charge in [-0.3, -0.25) is 9.69 Å². The first kappa shape index (κ1) is 24.4. The quantitative estimate of drug-likeness (QED) is 0.458. The second-order valence-electron chi connectivity index (χ2n) is 8.28. The summed E-state index contributed by atoms with van der Waals surface area (Å²) in [4.78, 5) is 17.1. The molecule has 2 heterocycles. The Kier molecular flexibility index (Phi) is 8.03. The highest BCUT2D eigenvalue weighted by Gasteiger charge is 2.19. The van der Waals surface area contributed by atoms with Crippen molar-refractivity contribution < 1.29 is 13.6 Å². The van der Waals surface area contributed by atoms with Gasteiger partial charge in [-0.05, 0) is 55.3 Å². The minimum Gasteiger partial charge on any atom is -0.417 e. The number of nitrogens with one attached hydrogen (secondary N) is 1. The number of aryl methyl sites for hydroxylation is 1. The number of hydrogen-bond donors (Lipinski definition) is 1. The molecule has 1 N–H and O–H groups in total. The Hall–Kier alpha value is -2.68. The lowest BCUT2D eigenvalue weighted by Crippen LogP contribution is -2.47. The Labute approximate surface area is 207 Å². The summed E-state index contributed by atoms with van der Waals surface area (Å²) in [6.45, 7) is 7.30. The van der Waals surface area contributed by atoms with Gasteiger partial charge in [0.05, 0.1) is 6.42 Å². The molecule has 0 saturated carbocycles. The average molecular weight is 506 g/mol. The van der Waals surface area contributed by atoms with Gasteiger partial charge in [-0.2, -0.15) is 0 Å². The number of carbonyl (C=O) groups is 1. The number of amides is 1. The van der Waals surface area contributed by atoms with E-state index in [0.717, 1.165) is 44.2 Å². The highest BCUT2D eigenvalue weighted by Crippen LogP contribution is 2.25. The molecular weight excluding hydrogens is 480 g/mol. The third-order valence-corrected chi connectivity index (χ3v) is 6.43. The Morgan fingerprint density at radius 2 is 1.91 bits per heavy atom. The third-order valence-electron chi connectivity index (χ3n) is 5.84. The lowest BCUT2D eigenvalue weighted by molar-refractivity contribution is 0.0915. The molecule has 1 saturated heterocycles. The normalized spacial score (nSPS) is 14.4. The number of benzene rings is 2. The van der Waals surface area contributed by atoms with Crippen LogP contribution >= 0.6 is 23.2 Å². The standard InChI is InChI=1S/C24H26Cl2FN5O2/c1-16-3-5-18(25)14-21(16)32-11-9-31(10-12-32)8-2-7-28-23(33)24-30-29-22(34-24)13-17-4-6-19(27)15-20(17)26/h3-6,14-15H,2,7-13H2,1H3,(H,28,33). The van der Waals surface area contributed by atoms with Crippen molar-refractivity contribution in [3.8, 4) is 0 Å². The van der Waals surface area contributed by atoms with Gasteiger partial charge in [0, 0.05) is 48.5 Å². The number of rotatable bonds is 8. The Balaban J connectivity index is 1.18. The fraction of sp³-hybridized carbons (Fsp3) is 0.375. The molecule has 10 heteroatoms. The van der Waals surface area contributed by atoms with E-state index in [1.165, 1.54) is 23.4 Å². The third kappa shape index (κ3) is 6.25. The van der Waals surface area contributed by atoms with E-state index >= 15 is 0 Å². The molecule has 0 unspecified atom stereocenters. The van der Waals surface area contributed by atoms with Crippen molar-refractivity contribution in [2.45, 2.75) is 19.8 Å². The average Bonchev–Trinajstić information content (AvgIpc) is 3.29. The number of aromatic nitrogens is 2. The Bertz CT molecular complexity index is 1150. The van der Waals surface area contributed by atoms with Crippen LogP contribution < -0.4 is 10.2 Å². The van der Waals surface area contributed by atoms with E-state index in [1.807, 2.05) is 12.1 Å². The SMILES string of the molecule is Cc1ccc(Cl)cc1N1CCN(CCCNC(=O)c2nnc(Cc3ccc(F)cc3Cl)o2)CC1. The van der Waals surface area contributed by atoms with Crippen LogP contribution in [-0.4, -0.2) is 60.3 Å². The van der Waals surface area contributed by atoms with E-state index in [-0.39, 0.29) is 23.2 Å². The van der Waals surface area contributed by atoms with E-state index in [2.05, 4.69) is 38.3 Å². The summed E-state index contributed by atoms with van der Waals surface area (Å²) in [5, 5.41) is 11.5. The summed E-state index contributed by atoms with van der Waals surface area (Å²) >= 11 is 12.2. The second-order valence-corrected chi connectivity index (χ2v) is 9.13. The predicted octanol–water partition coefficient (Wildman–Crippen LogP) is 4.36. The number of hydrogen-bond acceptors (Lipinski definition) is 6. The number of anilines is 1. The Morgan fingerprint density at radius 1 is 1.12 bits per heavy atom. The zero-order chi connectivity index (χ0) is 24.1. The molecule has 4 rings (SSSR count). The first-order valence-electron chi connectivity index (χ1n) is 11.2. The first-order valence-corrected chi connectivity index (χ1v) is 11.9. The van der Waals surface area contributed by atoms with Crippen LogP contribution in [0, 0.1) is 12.7 Å². The summed E-state index contributed by atoms with van der Waals surface area (Å²) in [5.41, 5.74) is 3.06. The molecule has 0 atom stereocenters. The van der Waals surface area contributed by atoms with Gasteiger partial charge in [0.15, 0.2) is 0 Å². The van der Waals surface area contributed by atoms with Crippen molar-refractivity contribution in [3.05, 3.63) is 75.2 Å². The van der Waals surface area contributed by atoms with Crippen molar-refractivity contribution in [2.24, 2.45) is 0 Å². The van der Waals surface area contributed by atoms with E-state index in [4.69, 9.17) is 27.6 Å². The number of piperazine rings is 1. The van der Waals surface area contributed by atoms with E-state index in [0.29, 0.717) is 12.1 Å². The van der Waals surface area contributed by atoms with E-state index in [1.54, 1.807) is 6.07 Å². The van der Waals surface area contributed by atoms with Crippen LogP contribution in [0.3, 0.4) is 0 Å². The highest BCUT2D eigenvalue weighted by molar-refractivity contribution is 6.31. The van der Waals surface area contributed by atoms with Crippen LogP contribution in [0.25, 0.3) is 0 Å². The molecule has 0 aliphatic carbocycles. The molecule has 0 spiro atoms. The van der Waals surface area contributed by atoms with Crippen LogP contribution in [0.2, 0.25) is 10.0 Å². The fourth-order valence-electron chi connectivity index (χ4n) is 3.96. The van der Waals surface area contributed by atoms with Gasteiger partial charge < -0.3 is 14.6 Å². The molecule has 34 heavy (non-hydrogen) atoms. The summed E-state index contributed by atoms with van der Waals surface area (Å²) in [7, 11) is 0. The second kappa shape index (κ2) is 11.2. The summed E-state index contributed by atoms with van der Waals surface area (Å²) < 4.78 is 18.6. The summed E-state index contributed by atoms with van der Waals surface area (Å²) in [6.07, 6.45) is 1.04. The van der Waals surface area contributed by atoms with Crippen LogP contribution in [0.5, 0.6) is 0 Å². The van der Waals surface area contributed by atoms with Crippen LogP contribution in [0.4, 0.5) is 10.1 Å². The van der Waals surface area contributed by atoms with Crippen molar-refractivity contribution in [3.63, 3.8) is 0 Å². The number of carbonyl (C=O) groups excluding carboxylic acids is 1. The van der Waals surface area contributed by atoms with Crippen molar-refractivity contribution in [1.29, 1.82) is 0 Å². The van der Waals surface area contributed by atoms with Crippen LogP contribution in [0.15, 0.2) is 40.8 Å². The molecule has 1 aliphatic rings. The number of nitrogens with zero attached hydrogens (tertiary/aromatic N) is 4. The van der Waals surface area contributed by atoms with E-state index in [9.17, 15) is 9.18 Å².